The molecule has 0 saturated carbocycles. The predicted molar refractivity (Wildman–Crippen MR) is 112 cm³/mol. The third-order valence-corrected chi connectivity index (χ3v) is 5.97. The number of amides is 1. The molecule has 2 aromatic carbocycles. The molecule has 1 fully saturated rings. The molecule has 1 amide bonds. The van der Waals surface area contributed by atoms with Crippen LogP contribution in [0.2, 0.25) is 0 Å². The molecule has 1 aliphatic heterocycles. The van der Waals surface area contributed by atoms with Crippen LogP contribution in [0.4, 0.5) is 0 Å². The monoisotopic (exact) mass is 390 g/mol. The van der Waals surface area contributed by atoms with E-state index in [1.807, 2.05) is 61.2 Å². The van der Waals surface area contributed by atoms with Crippen LogP contribution >= 0.6 is 0 Å². The summed E-state index contributed by atoms with van der Waals surface area (Å²) >= 11 is 0. The van der Waals surface area contributed by atoms with Crippen LogP contribution in [0.25, 0.3) is 10.8 Å². The zero-order valence-electron chi connectivity index (χ0n) is 17.0. The van der Waals surface area contributed by atoms with Crippen molar-refractivity contribution in [3.05, 3.63) is 65.0 Å². The summed E-state index contributed by atoms with van der Waals surface area (Å²) in [4.78, 5) is 27.9. The molecule has 0 spiro atoms. The molecule has 1 atom stereocenters. The van der Waals surface area contributed by atoms with Crippen LogP contribution in [0.1, 0.15) is 46.6 Å². The Labute approximate surface area is 170 Å². The molecule has 1 aliphatic rings. The first-order valence-electron chi connectivity index (χ1n) is 10.3. The van der Waals surface area contributed by atoms with E-state index in [9.17, 15) is 9.59 Å². The first-order chi connectivity index (χ1) is 14.0. The molecule has 0 N–H and O–H groups in total. The average Bonchev–Trinajstić information content (AvgIpc) is 3.08. The van der Waals surface area contributed by atoms with Gasteiger partial charge in [0.2, 0.25) is 5.91 Å². The van der Waals surface area contributed by atoms with Crippen LogP contribution in [0.5, 0.6) is 0 Å². The summed E-state index contributed by atoms with van der Waals surface area (Å²) in [5.41, 5.74) is 2.62. The summed E-state index contributed by atoms with van der Waals surface area (Å²) in [6, 6.07) is 13.8. The number of nitrogens with zero attached hydrogens (tertiary/aromatic N) is 2. The number of aromatic nitrogens is 1. The van der Waals surface area contributed by atoms with Crippen LogP contribution in [0, 0.1) is 19.8 Å². The lowest BCUT2D eigenvalue weighted by Gasteiger charge is -2.32. The van der Waals surface area contributed by atoms with Crippen molar-refractivity contribution in [2.75, 3.05) is 13.1 Å². The molecular weight excluding hydrogens is 364 g/mol. The normalized spacial score (nSPS) is 16.9. The van der Waals surface area contributed by atoms with Crippen molar-refractivity contribution in [1.82, 2.24) is 10.1 Å². The minimum Gasteiger partial charge on any atom is -0.361 e. The van der Waals surface area contributed by atoms with E-state index in [-0.39, 0.29) is 17.6 Å². The molecule has 1 aromatic heterocycles. The van der Waals surface area contributed by atoms with Gasteiger partial charge in [-0.1, -0.05) is 47.6 Å². The largest absolute Gasteiger partial charge is 0.361 e. The minimum absolute atomic E-state index is 0.0976. The van der Waals surface area contributed by atoms with Gasteiger partial charge >= 0.3 is 0 Å². The number of rotatable bonds is 5. The van der Waals surface area contributed by atoms with Gasteiger partial charge in [0, 0.05) is 36.6 Å². The molecule has 0 radical (unpaired) electrons. The first-order valence-corrected chi connectivity index (χ1v) is 10.3. The van der Waals surface area contributed by atoms with E-state index in [0.717, 1.165) is 52.7 Å². The molecule has 1 unspecified atom stereocenters. The number of hydrogen-bond donors (Lipinski definition) is 0. The van der Waals surface area contributed by atoms with Crippen molar-refractivity contribution in [3.63, 3.8) is 0 Å². The minimum atomic E-state index is -0.141. The lowest BCUT2D eigenvalue weighted by Crippen LogP contribution is -2.42. The van der Waals surface area contributed by atoms with Crippen LogP contribution in [-0.2, 0) is 11.2 Å². The highest BCUT2D eigenvalue weighted by atomic mass is 16.5. The fourth-order valence-corrected chi connectivity index (χ4v) is 4.33. The number of Topliss-reactive ketones (excluding diaryl/α,β-unsaturated/α-hetero) is 1. The maximum absolute atomic E-state index is 13.3. The van der Waals surface area contributed by atoms with E-state index in [2.05, 4.69) is 5.16 Å². The topological polar surface area (TPSA) is 63.4 Å². The molecule has 2 heterocycles. The fourth-order valence-electron chi connectivity index (χ4n) is 4.33. The lowest BCUT2D eigenvalue weighted by molar-refractivity contribution is -0.132. The fraction of sp³-hybridized carbons (Fsp3) is 0.375. The predicted octanol–water partition coefficient (Wildman–Crippen LogP) is 4.50. The average molecular weight is 390 g/mol. The number of aryl methyl sites for hydroxylation is 2. The van der Waals surface area contributed by atoms with Gasteiger partial charge in [0.15, 0.2) is 5.78 Å². The quantitative estimate of drug-likeness (QED) is 0.602. The first kappa shape index (κ1) is 19.4. The van der Waals surface area contributed by atoms with E-state index >= 15 is 0 Å². The van der Waals surface area contributed by atoms with Crippen LogP contribution in [0.15, 0.2) is 47.0 Å². The molecule has 29 heavy (non-hydrogen) atoms. The van der Waals surface area contributed by atoms with Gasteiger partial charge in [0.25, 0.3) is 0 Å². The molecule has 5 heteroatoms. The van der Waals surface area contributed by atoms with Crippen LogP contribution in [-0.4, -0.2) is 34.8 Å². The smallest absolute Gasteiger partial charge is 0.222 e. The van der Waals surface area contributed by atoms with Gasteiger partial charge < -0.3 is 9.42 Å². The molecule has 1 saturated heterocycles. The highest BCUT2D eigenvalue weighted by Gasteiger charge is 2.29. The SMILES string of the molecule is Cc1noc(C)c1CCC(=O)N1CCCC(C(=O)c2cccc3ccccc23)C1. The van der Waals surface area contributed by atoms with E-state index in [0.29, 0.717) is 19.4 Å². The van der Waals surface area contributed by atoms with Crippen molar-refractivity contribution < 1.29 is 14.1 Å². The van der Waals surface area contributed by atoms with Gasteiger partial charge in [-0.15, -0.1) is 0 Å². The highest BCUT2D eigenvalue weighted by Crippen LogP contribution is 2.26. The Kier molecular flexibility index (Phi) is 5.47. The van der Waals surface area contributed by atoms with E-state index in [1.54, 1.807) is 0 Å². The summed E-state index contributed by atoms with van der Waals surface area (Å²) in [5, 5.41) is 6.01. The Balaban J connectivity index is 1.45. The molecule has 3 aromatic rings. The van der Waals surface area contributed by atoms with Gasteiger partial charge in [-0.3, -0.25) is 9.59 Å². The number of benzene rings is 2. The summed E-state index contributed by atoms with van der Waals surface area (Å²) in [5.74, 6) is 0.876. The molecule has 150 valence electrons. The number of hydrogen-bond acceptors (Lipinski definition) is 4. The van der Waals surface area contributed by atoms with Crippen molar-refractivity contribution >= 4 is 22.5 Å². The number of fused-ring (bicyclic) bond motifs is 1. The second-order valence-corrected chi connectivity index (χ2v) is 7.87. The van der Waals surface area contributed by atoms with Crippen molar-refractivity contribution in [2.24, 2.45) is 5.92 Å². The van der Waals surface area contributed by atoms with E-state index in [1.165, 1.54) is 0 Å². The van der Waals surface area contributed by atoms with Crippen LogP contribution < -0.4 is 0 Å². The molecular formula is C24H26N2O3. The number of likely N-dealkylation sites (tertiary alicyclic amines) is 1. The Morgan fingerprint density at radius 1 is 1.14 bits per heavy atom. The van der Waals surface area contributed by atoms with Crippen molar-refractivity contribution in [1.29, 1.82) is 0 Å². The highest BCUT2D eigenvalue weighted by molar-refractivity contribution is 6.09. The summed E-state index contributed by atoms with van der Waals surface area (Å²) in [7, 11) is 0. The summed E-state index contributed by atoms with van der Waals surface area (Å²) in [6.45, 7) is 5.00. The van der Waals surface area contributed by atoms with Gasteiger partial charge in [0.1, 0.15) is 5.76 Å². The lowest BCUT2D eigenvalue weighted by atomic mass is 9.87. The third-order valence-electron chi connectivity index (χ3n) is 5.97. The van der Waals surface area contributed by atoms with E-state index in [4.69, 9.17) is 4.52 Å². The third kappa shape index (κ3) is 3.95. The summed E-state index contributed by atoms with van der Waals surface area (Å²) < 4.78 is 5.19. The summed E-state index contributed by atoms with van der Waals surface area (Å²) in [6.07, 6.45) is 2.73. The van der Waals surface area contributed by atoms with Gasteiger partial charge in [-0.05, 0) is 43.9 Å². The molecule has 0 aliphatic carbocycles. The number of piperidine rings is 1. The molecule has 5 nitrogen and oxygen atoms in total. The van der Waals surface area contributed by atoms with Gasteiger partial charge in [-0.2, -0.15) is 0 Å². The van der Waals surface area contributed by atoms with Crippen molar-refractivity contribution in [2.45, 2.75) is 39.5 Å². The van der Waals surface area contributed by atoms with Crippen LogP contribution in [0.3, 0.4) is 0 Å². The maximum Gasteiger partial charge on any atom is 0.222 e. The van der Waals surface area contributed by atoms with Gasteiger partial charge in [-0.25, -0.2) is 0 Å². The maximum atomic E-state index is 13.3. The number of ketones is 1. The zero-order valence-corrected chi connectivity index (χ0v) is 17.0. The molecule has 0 bridgehead atoms. The standard InChI is InChI=1S/C24H26N2O3/c1-16-20(17(2)29-25-16)12-13-23(27)26-14-6-9-19(15-26)24(28)22-11-5-8-18-7-3-4-10-21(18)22/h3-5,7-8,10-11,19H,6,9,12-15H2,1-2H3. The number of carbonyl (C=O) groups is 2. The zero-order chi connectivity index (χ0) is 20.4. The van der Waals surface area contributed by atoms with Gasteiger partial charge in [0.05, 0.1) is 5.69 Å². The molecule has 4 rings (SSSR count). The Morgan fingerprint density at radius 3 is 2.72 bits per heavy atom. The Morgan fingerprint density at radius 2 is 1.93 bits per heavy atom. The van der Waals surface area contributed by atoms with Crippen molar-refractivity contribution in [3.8, 4) is 0 Å². The number of carbonyl (C=O) groups excluding carboxylic acids is 2. The second-order valence-electron chi connectivity index (χ2n) is 7.87. The Bertz CT molecular complexity index is 1030. The second kappa shape index (κ2) is 8.19. The Hall–Kier alpha value is -2.95. The van der Waals surface area contributed by atoms with E-state index < -0.39 is 0 Å².